The molecule has 0 amide bonds. The molecule has 1 spiro atoms. The maximum atomic E-state index is 2.52. The van der Waals surface area contributed by atoms with Crippen molar-refractivity contribution < 1.29 is 0 Å². The first-order valence-electron chi connectivity index (χ1n) is 16.8. The second-order valence-corrected chi connectivity index (χ2v) is 13.2. The fraction of sp³-hybridized carbons (Fsp3) is 0.0213. The van der Waals surface area contributed by atoms with Crippen molar-refractivity contribution >= 4 is 32.6 Å². The van der Waals surface area contributed by atoms with Gasteiger partial charge in [0.2, 0.25) is 0 Å². The quantitative estimate of drug-likeness (QED) is 0.184. The Kier molecular flexibility index (Phi) is 5.10. The van der Waals surface area contributed by atoms with Crippen LogP contribution in [0.15, 0.2) is 176 Å². The van der Waals surface area contributed by atoms with E-state index in [1.165, 1.54) is 93.9 Å². The Bertz CT molecular complexity index is 2780. The molecule has 1 unspecified atom stereocenters. The Morgan fingerprint density at radius 3 is 1.92 bits per heavy atom. The monoisotopic (exact) mass is 607 g/mol. The van der Waals surface area contributed by atoms with Gasteiger partial charge in [-0.15, -0.1) is 0 Å². The third kappa shape index (κ3) is 3.21. The van der Waals surface area contributed by atoms with E-state index < -0.39 is 5.41 Å². The van der Waals surface area contributed by atoms with Gasteiger partial charge in [0.15, 0.2) is 0 Å². The first-order chi connectivity index (χ1) is 23.8. The molecule has 1 aromatic heterocycles. The Hall–Kier alpha value is -6.18. The Labute approximate surface area is 279 Å². The number of para-hydroxylation sites is 3. The van der Waals surface area contributed by atoms with Crippen molar-refractivity contribution in [2.45, 2.75) is 5.41 Å². The summed E-state index contributed by atoms with van der Waals surface area (Å²) in [4.78, 5) is 0. The molecule has 0 fully saturated rings. The molecule has 222 valence electrons. The van der Waals surface area contributed by atoms with E-state index in [0.29, 0.717) is 0 Å². The van der Waals surface area contributed by atoms with Crippen LogP contribution in [0.3, 0.4) is 0 Å². The van der Waals surface area contributed by atoms with Gasteiger partial charge < -0.3 is 4.57 Å². The third-order valence-corrected chi connectivity index (χ3v) is 11.0. The topological polar surface area (TPSA) is 4.93 Å². The highest BCUT2D eigenvalue weighted by Gasteiger charge is 2.51. The Morgan fingerprint density at radius 2 is 1.00 bits per heavy atom. The maximum Gasteiger partial charge on any atom is 0.0760 e. The molecule has 1 heteroatoms. The second kappa shape index (κ2) is 9.44. The summed E-state index contributed by atoms with van der Waals surface area (Å²) in [6.45, 7) is 0. The van der Waals surface area contributed by atoms with Crippen molar-refractivity contribution in [3.8, 4) is 39.1 Å². The van der Waals surface area contributed by atoms with Gasteiger partial charge >= 0.3 is 0 Å². The fourth-order valence-corrected chi connectivity index (χ4v) is 9.07. The molecule has 0 saturated carbocycles. The lowest BCUT2D eigenvalue weighted by molar-refractivity contribution is 0.750. The molecule has 0 N–H and O–H groups in total. The van der Waals surface area contributed by atoms with Crippen molar-refractivity contribution in [2.24, 2.45) is 0 Å². The molecule has 8 aromatic carbocycles. The number of aromatic nitrogens is 1. The number of fused-ring (bicyclic) bond motifs is 13. The van der Waals surface area contributed by atoms with Crippen molar-refractivity contribution in [3.63, 3.8) is 0 Å². The van der Waals surface area contributed by atoms with Crippen LogP contribution in [0.5, 0.6) is 0 Å². The van der Waals surface area contributed by atoms with Crippen LogP contribution in [0.25, 0.3) is 71.6 Å². The molecule has 9 aromatic rings. The minimum atomic E-state index is -0.472. The average Bonchev–Trinajstić information content (AvgIpc) is 3.66. The smallest absolute Gasteiger partial charge is 0.0760 e. The van der Waals surface area contributed by atoms with Gasteiger partial charge in [-0.2, -0.15) is 0 Å². The zero-order valence-corrected chi connectivity index (χ0v) is 26.2. The van der Waals surface area contributed by atoms with E-state index in [9.17, 15) is 0 Å². The SMILES string of the molecule is c1ccc2c(c1)-c1cccc(-c3ccc(-c4ccc5ccccc5c4)cc3)c1C21c2ccccc2-n2c3ccccc3c3cccc1c32. The molecule has 2 heterocycles. The van der Waals surface area contributed by atoms with Crippen molar-refractivity contribution in [1.82, 2.24) is 4.57 Å². The largest absolute Gasteiger partial charge is 0.309 e. The molecule has 1 nitrogen and oxygen atoms in total. The van der Waals surface area contributed by atoms with Crippen LogP contribution in [0.1, 0.15) is 22.3 Å². The minimum absolute atomic E-state index is 0.472. The molecule has 0 bridgehead atoms. The average molecular weight is 608 g/mol. The van der Waals surface area contributed by atoms with Gasteiger partial charge in [-0.25, -0.2) is 0 Å². The molecule has 11 rings (SSSR count). The van der Waals surface area contributed by atoms with Gasteiger partial charge in [0, 0.05) is 10.8 Å². The van der Waals surface area contributed by atoms with Crippen LogP contribution in [0.2, 0.25) is 0 Å². The number of hydrogen-bond acceptors (Lipinski definition) is 0. The summed E-state index contributed by atoms with van der Waals surface area (Å²) in [5, 5.41) is 5.14. The summed E-state index contributed by atoms with van der Waals surface area (Å²) in [6, 6.07) is 65.5. The zero-order chi connectivity index (χ0) is 31.4. The van der Waals surface area contributed by atoms with Gasteiger partial charge in [0.05, 0.1) is 22.1 Å². The number of nitrogens with zero attached hydrogens (tertiary/aromatic N) is 1. The van der Waals surface area contributed by atoms with Crippen molar-refractivity contribution in [1.29, 1.82) is 0 Å². The Morgan fingerprint density at radius 1 is 0.375 bits per heavy atom. The molecule has 2 aliphatic rings. The lowest BCUT2D eigenvalue weighted by Gasteiger charge is -2.40. The van der Waals surface area contributed by atoms with Crippen LogP contribution in [0, 0.1) is 0 Å². The van der Waals surface area contributed by atoms with Crippen molar-refractivity contribution in [3.05, 3.63) is 198 Å². The van der Waals surface area contributed by atoms with E-state index in [4.69, 9.17) is 0 Å². The summed E-state index contributed by atoms with van der Waals surface area (Å²) in [6.07, 6.45) is 0. The fourth-order valence-electron chi connectivity index (χ4n) is 9.07. The number of benzene rings is 8. The van der Waals surface area contributed by atoms with E-state index in [2.05, 4.69) is 180 Å². The van der Waals surface area contributed by atoms with E-state index in [1.807, 2.05) is 0 Å². The lowest BCUT2D eigenvalue weighted by Crippen LogP contribution is -2.34. The molecule has 1 aliphatic carbocycles. The molecular weight excluding hydrogens is 579 g/mol. The molecule has 0 saturated heterocycles. The predicted molar refractivity (Wildman–Crippen MR) is 200 cm³/mol. The summed E-state index contributed by atoms with van der Waals surface area (Å²) in [5.74, 6) is 0. The highest BCUT2D eigenvalue weighted by atomic mass is 15.0. The van der Waals surface area contributed by atoms with E-state index in [-0.39, 0.29) is 0 Å². The van der Waals surface area contributed by atoms with Crippen LogP contribution in [0.4, 0.5) is 0 Å². The highest BCUT2D eigenvalue weighted by Crippen LogP contribution is 2.62. The summed E-state index contributed by atoms with van der Waals surface area (Å²) in [7, 11) is 0. The second-order valence-electron chi connectivity index (χ2n) is 13.2. The van der Waals surface area contributed by atoms with Crippen LogP contribution < -0.4 is 0 Å². The lowest BCUT2D eigenvalue weighted by atomic mass is 9.64. The zero-order valence-electron chi connectivity index (χ0n) is 26.2. The summed E-state index contributed by atoms with van der Waals surface area (Å²) >= 11 is 0. The summed E-state index contributed by atoms with van der Waals surface area (Å²) in [5.41, 5.74) is 16.4. The van der Waals surface area contributed by atoms with E-state index in [0.717, 1.165) is 0 Å². The molecule has 48 heavy (non-hydrogen) atoms. The first-order valence-corrected chi connectivity index (χ1v) is 16.8. The van der Waals surface area contributed by atoms with E-state index in [1.54, 1.807) is 0 Å². The highest BCUT2D eigenvalue weighted by molar-refractivity contribution is 6.13. The number of rotatable bonds is 2. The Balaban J connectivity index is 1.21. The maximum absolute atomic E-state index is 2.52. The predicted octanol–water partition coefficient (Wildman–Crippen LogP) is 11.9. The van der Waals surface area contributed by atoms with Crippen LogP contribution >= 0.6 is 0 Å². The summed E-state index contributed by atoms with van der Waals surface area (Å²) < 4.78 is 2.52. The van der Waals surface area contributed by atoms with Gasteiger partial charge in [0.1, 0.15) is 0 Å². The van der Waals surface area contributed by atoms with E-state index >= 15 is 0 Å². The molecule has 1 atom stereocenters. The molecule has 1 aliphatic heterocycles. The van der Waals surface area contributed by atoms with Crippen molar-refractivity contribution in [2.75, 3.05) is 0 Å². The minimum Gasteiger partial charge on any atom is -0.309 e. The van der Waals surface area contributed by atoms with Crippen LogP contribution in [-0.2, 0) is 5.41 Å². The number of hydrogen-bond donors (Lipinski definition) is 0. The van der Waals surface area contributed by atoms with Gasteiger partial charge in [-0.1, -0.05) is 158 Å². The van der Waals surface area contributed by atoms with Gasteiger partial charge in [-0.3, -0.25) is 0 Å². The third-order valence-electron chi connectivity index (χ3n) is 11.0. The molecule has 0 radical (unpaired) electrons. The normalized spacial score (nSPS) is 15.6. The van der Waals surface area contributed by atoms with Gasteiger partial charge in [-0.05, 0) is 84.6 Å². The van der Waals surface area contributed by atoms with Gasteiger partial charge in [0.25, 0.3) is 0 Å². The molecular formula is C47H29N. The van der Waals surface area contributed by atoms with Crippen LogP contribution in [-0.4, -0.2) is 4.57 Å². The first kappa shape index (κ1) is 25.9. The standard InChI is InChI=1S/C47H29N/c1-2-12-33-29-34(28-25-30(33)11-1)31-23-26-32(27-24-31)35-15-9-16-38-36-13-3-5-18-40(36)47(45(35)38)41-19-6-8-22-44(41)48-43-21-7-4-14-37(43)39-17-10-20-42(47)46(39)48/h1-29H.